The van der Waals surface area contributed by atoms with E-state index >= 15 is 0 Å². The second-order valence-electron chi connectivity index (χ2n) is 4.80. The fraction of sp³-hybridized carbons (Fsp3) is 0.538. The molecule has 2 N–H and O–H groups in total. The number of hydrogen-bond donors (Lipinski definition) is 1. The Morgan fingerprint density at radius 1 is 1.44 bits per heavy atom. The van der Waals surface area contributed by atoms with Crippen molar-refractivity contribution >= 4 is 15.9 Å². The smallest absolute Gasteiger partial charge is 0.0586 e. The molecule has 0 saturated carbocycles. The molecule has 3 heteroatoms. The largest absolute Gasteiger partial charge is 0.379 e. The van der Waals surface area contributed by atoms with Crippen molar-refractivity contribution in [3.05, 3.63) is 34.3 Å². The summed E-state index contributed by atoms with van der Waals surface area (Å²) < 4.78 is 6.61. The fourth-order valence-electron chi connectivity index (χ4n) is 2.37. The molecule has 0 aliphatic carbocycles. The van der Waals surface area contributed by atoms with E-state index in [1.54, 1.807) is 0 Å². The molecule has 1 unspecified atom stereocenters. The standard InChI is InChI=1S/C13H18BrNO/c1-10(7-15)6-13(8-16-9-13)11-4-2-3-5-12(11)14/h2-5,10H,6-9,15H2,1H3. The minimum Gasteiger partial charge on any atom is -0.379 e. The third-order valence-corrected chi connectivity index (χ3v) is 4.03. The van der Waals surface area contributed by atoms with Crippen LogP contribution in [0.15, 0.2) is 28.7 Å². The van der Waals surface area contributed by atoms with Gasteiger partial charge in [0.2, 0.25) is 0 Å². The molecule has 1 aliphatic rings. The van der Waals surface area contributed by atoms with Gasteiger partial charge in [-0.15, -0.1) is 0 Å². The average molecular weight is 284 g/mol. The van der Waals surface area contributed by atoms with Crippen LogP contribution in [0.2, 0.25) is 0 Å². The first-order valence-electron chi connectivity index (χ1n) is 5.71. The number of halogens is 1. The lowest BCUT2D eigenvalue weighted by molar-refractivity contribution is -0.0705. The summed E-state index contributed by atoms with van der Waals surface area (Å²) in [4.78, 5) is 0. The Morgan fingerprint density at radius 2 is 2.12 bits per heavy atom. The first-order valence-corrected chi connectivity index (χ1v) is 6.50. The van der Waals surface area contributed by atoms with E-state index in [-0.39, 0.29) is 5.41 Å². The van der Waals surface area contributed by atoms with Gasteiger partial charge in [-0.05, 0) is 30.5 Å². The van der Waals surface area contributed by atoms with Crippen LogP contribution in [-0.2, 0) is 10.2 Å². The van der Waals surface area contributed by atoms with E-state index in [0.29, 0.717) is 5.92 Å². The molecule has 0 spiro atoms. The van der Waals surface area contributed by atoms with E-state index in [9.17, 15) is 0 Å². The molecule has 1 aromatic rings. The number of hydrogen-bond acceptors (Lipinski definition) is 2. The van der Waals surface area contributed by atoms with Crippen LogP contribution in [0.5, 0.6) is 0 Å². The topological polar surface area (TPSA) is 35.2 Å². The van der Waals surface area contributed by atoms with Gasteiger partial charge in [-0.3, -0.25) is 0 Å². The zero-order chi connectivity index (χ0) is 11.6. The van der Waals surface area contributed by atoms with Crippen molar-refractivity contribution in [1.29, 1.82) is 0 Å². The first kappa shape index (κ1) is 12.1. The predicted molar refractivity (Wildman–Crippen MR) is 69.5 cm³/mol. The molecule has 0 radical (unpaired) electrons. The quantitative estimate of drug-likeness (QED) is 0.922. The Hall–Kier alpha value is -0.380. The molecule has 2 nitrogen and oxygen atoms in total. The normalized spacial score (nSPS) is 20.2. The average Bonchev–Trinajstić information content (AvgIpc) is 2.24. The number of benzene rings is 1. The van der Waals surface area contributed by atoms with Gasteiger partial charge in [0.15, 0.2) is 0 Å². The van der Waals surface area contributed by atoms with E-state index in [2.05, 4.69) is 41.1 Å². The highest BCUT2D eigenvalue weighted by Gasteiger charge is 2.42. The molecule has 1 heterocycles. The maximum absolute atomic E-state index is 5.72. The zero-order valence-corrected chi connectivity index (χ0v) is 11.2. The number of rotatable bonds is 4. The van der Waals surface area contributed by atoms with Gasteiger partial charge in [0.25, 0.3) is 0 Å². The minimum absolute atomic E-state index is 0.179. The lowest BCUT2D eigenvalue weighted by Crippen LogP contribution is -2.48. The Morgan fingerprint density at radius 3 is 2.62 bits per heavy atom. The van der Waals surface area contributed by atoms with Crippen molar-refractivity contribution < 1.29 is 4.74 Å². The van der Waals surface area contributed by atoms with Crippen LogP contribution in [0.1, 0.15) is 18.9 Å². The van der Waals surface area contributed by atoms with Crippen LogP contribution in [0.4, 0.5) is 0 Å². The Labute approximate surface area is 105 Å². The van der Waals surface area contributed by atoms with E-state index in [4.69, 9.17) is 10.5 Å². The first-order chi connectivity index (χ1) is 7.68. The van der Waals surface area contributed by atoms with Crippen molar-refractivity contribution in [3.63, 3.8) is 0 Å². The van der Waals surface area contributed by atoms with Crippen molar-refractivity contribution in [2.24, 2.45) is 11.7 Å². The fourth-order valence-corrected chi connectivity index (χ4v) is 3.08. The second-order valence-corrected chi connectivity index (χ2v) is 5.65. The second kappa shape index (κ2) is 4.86. The summed E-state index contributed by atoms with van der Waals surface area (Å²) >= 11 is 3.63. The number of nitrogens with two attached hydrogens (primary N) is 1. The van der Waals surface area contributed by atoms with Gasteiger partial charge in [0.1, 0.15) is 0 Å². The van der Waals surface area contributed by atoms with Crippen LogP contribution in [-0.4, -0.2) is 19.8 Å². The highest BCUT2D eigenvalue weighted by molar-refractivity contribution is 9.10. The summed E-state index contributed by atoms with van der Waals surface area (Å²) in [6, 6.07) is 8.43. The molecule has 16 heavy (non-hydrogen) atoms. The van der Waals surface area contributed by atoms with Crippen molar-refractivity contribution in [2.75, 3.05) is 19.8 Å². The van der Waals surface area contributed by atoms with Gasteiger partial charge in [0, 0.05) is 9.89 Å². The molecule has 1 saturated heterocycles. The molecular formula is C13H18BrNO. The Kier molecular flexibility index (Phi) is 3.67. The maximum Gasteiger partial charge on any atom is 0.0586 e. The molecule has 2 rings (SSSR count). The lowest BCUT2D eigenvalue weighted by atomic mass is 9.72. The summed E-state index contributed by atoms with van der Waals surface area (Å²) in [5.74, 6) is 0.538. The highest BCUT2D eigenvalue weighted by Crippen LogP contribution is 2.41. The molecule has 1 fully saturated rings. The van der Waals surface area contributed by atoms with E-state index in [0.717, 1.165) is 26.2 Å². The summed E-state index contributed by atoms with van der Waals surface area (Å²) in [7, 11) is 0. The van der Waals surface area contributed by atoms with E-state index in [1.807, 2.05) is 6.07 Å². The molecule has 0 bridgehead atoms. The predicted octanol–water partition coefficient (Wildman–Crippen LogP) is 2.70. The summed E-state index contributed by atoms with van der Waals surface area (Å²) in [6.45, 7) is 4.59. The van der Waals surface area contributed by atoms with Gasteiger partial charge >= 0.3 is 0 Å². The Balaban J connectivity index is 2.25. The Bertz CT molecular complexity index is 363. The van der Waals surface area contributed by atoms with Gasteiger partial charge in [-0.1, -0.05) is 41.1 Å². The molecule has 1 atom stereocenters. The summed E-state index contributed by atoms with van der Waals surface area (Å²) in [5.41, 5.74) is 7.26. The van der Waals surface area contributed by atoms with Gasteiger partial charge in [-0.2, -0.15) is 0 Å². The third kappa shape index (κ3) is 2.17. The van der Waals surface area contributed by atoms with Crippen LogP contribution in [0, 0.1) is 5.92 Å². The maximum atomic E-state index is 5.72. The molecule has 0 aromatic heterocycles. The van der Waals surface area contributed by atoms with Crippen molar-refractivity contribution in [2.45, 2.75) is 18.8 Å². The van der Waals surface area contributed by atoms with Gasteiger partial charge in [-0.25, -0.2) is 0 Å². The van der Waals surface area contributed by atoms with Crippen molar-refractivity contribution in [1.82, 2.24) is 0 Å². The monoisotopic (exact) mass is 283 g/mol. The summed E-state index contributed by atoms with van der Waals surface area (Å²) in [5, 5.41) is 0. The van der Waals surface area contributed by atoms with E-state index < -0.39 is 0 Å². The molecule has 0 amide bonds. The van der Waals surface area contributed by atoms with Gasteiger partial charge in [0.05, 0.1) is 13.2 Å². The number of ether oxygens (including phenoxy) is 1. The lowest BCUT2D eigenvalue weighted by Gasteiger charge is -2.44. The molecule has 1 aromatic carbocycles. The zero-order valence-electron chi connectivity index (χ0n) is 9.58. The third-order valence-electron chi connectivity index (χ3n) is 3.34. The van der Waals surface area contributed by atoms with Crippen LogP contribution in [0.3, 0.4) is 0 Å². The SMILES string of the molecule is CC(CN)CC1(c2ccccc2Br)COC1. The van der Waals surface area contributed by atoms with Crippen LogP contribution < -0.4 is 5.73 Å². The highest BCUT2D eigenvalue weighted by atomic mass is 79.9. The molecule has 1 aliphatic heterocycles. The van der Waals surface area contributed by atoms with Crippen molar-refractivity contribution in [3.8, 4) is 0 Å². The van der Waals surface area contributed by atoms with Crippen LogP contribution >= 0.6 is 15.9 Å². The van der Waals surface area contributed by atoms with Gasteiger partial charge < -0.3 is 10.5 Å². The van der Waals surface area contributed by atoms with Crippen LogP contribution in [0.25, 0.3) is 0 Å². The summed E-state index contributed by atoms with van der Waals surface area (Å²) in [6.07, 6.45) is 1.10. The molecular weight excluding hydrogens is 266 g/mol. The van der Waals surface area contributed by atoms with E-state index in [1.165, 1.54) is 10.0 Å². The molecule has 88 valence electrons. The minimum atomic E-state index is 0.179.